The predicted molar refractivity (Wildman–Crippen MR) is 104 cm³/mol. The molecular formula is C20H33N3O2. The molecule has 25 heavy (non-hydrogen) atoms. The maximum absolute atomic E-state index is 6.17. The van der Waals surface area contributed by atoms with Crippen molar-refractivity contribution >= 4 is 5.96 Å². The highest BCUT2D eigenvalue weighted by Crippen LogP contribution is 2.32. The van der Waals surface area contributed by atoms with Crippen LogP contribution in [0.25, 0.3) is 0 Å². The Morgan fingerprint density at radius 2 is 1.92 bits per heavy atom. The molecule has 2 rings (SSSR count). The van der Waals surface area contributed by atoms with Gasteiger partial charge in [-0.3, -0.25) is 4.99 Å². The number of benzene rings is 1. The minimum Gasteiger partial charge on any atom is -0.493 e. The van der Waals surface area contributed by atoms with E-state index in [4.69, 9.17) is 9.47 Å². The van der Waals surface area contributed by atoms with E-state index >= 15 is 0 Å². The van der Waals surface area contributed by atoms with Crippen LogP contribution in [-0.4, -0.2) is 32.3 Å². The number of nitrogens with one attached hydrogen (secondary N) is 2. The molecule has 1 fully saturated rings. The lowest BCUT2D eigenvalue weighted by Crippen LogP contribution is -2.43. The molecule has 0 radical (unpaired) electrons. The third kappa shape index (κ3) is 5.83. The van der Waals surface area contributed by atoms with Crippen LogP contribution in [-0.2, 0) is 6.54 Å². The molecule has 0 spiro atoms. The van der Waals surface area contributed by atoms with Gasteiger partial charge in [0.25, 0.3) is 0 Å². The lowest BCUT2D eigenvalue weighted by atomic mass is 10.1. The van der Waals surface area contributed by atoms with Crippen LogP contribution in [0.15, 0.2) is 23.2 Å². The summed E-state index contributed by atoms with van der Waals surface area (Å²) in [4.78, 5) is 4.30. The molecule has 1 saturated carbocycles. The number of methoxy groups -OCH3 is 1. The number of aliphatic imine (C=N–C) groups is 1. The second kappa shape index (κ2) is 9.54. The van der Waals surface area contributed by atoms with Gasteiger partial charge in [-0.25, -0.2) is 0 Å². The minimum absolute atomic E-state index is 0.318. The van der Waals surface area contributed by atoms with E-state index in [0.717, 1.165) is 35.9 Å². The Morgan fingerprint density at radius 1 is 1.20 bits per heavy atom. The second-order valence-corrected chi connectivity index (χ2v) is 7.11. The van der Waals surface area contributed by atoms with E-state index in [-0.39, 0.29) is 0 Å². The molecule has 5 heteroatoms. The number of rotatable bonds is 7. The number of hydrogen-bond donors (Lipinski definition) is 2. The first-order valence-electron chi connectivity index (χ1n) is 9.34. The third-order valence-corrected chi connectivity index (χ3v) is 4.87. The predicted octanol–water partition coefficient (Wildman–Crippen LogP) is 3.73. The summed E-state index contributed by atoms with van der Waals surface area (Å²) in [5.41, 5.74) is 1.15. The fourth-order valence-corrected chi connectivity index (χ4v) is 2.87. The Labute approximate surface area is 152 Å². The van der Waals surface area contributed by atoms with Gasteiger partial charge in [-0.1, -0.05) is 19.9 Å². The van der Waals surface area contributed by atoms with Crippen LogP contribution in [0.4, 0.5) is 0 Å². The fraction of sp³-hybridized carbons (Fsp3) is 0.650. The molecule has 0 amide bonds. The SMILES string of the molecule is CN=C(NCc1ccc(OC)c(OC2CCCC2)c1)NC(C)C(C)C. The third-order valence-electron chi connectivity index (χ3n) is 4.87. The van der Waals surface area contributed by atoms with E-state index in [0.29, 0.717) is 24.6 Å². The molecule has 0 aromatic heterocycles. The number of hydrogen-bond acceptors (Lipinski definition) is 3. The lowest BCUT2D eigenvalue weighted by Gasteiger charge is -2.21. The molecule has 5 nitrogen and oxygen atoms in total. The number of ether oxygens (including phenoxy) is 2. The molecule has 0 bridgehead atoms. The van der Waals surface area contributed by atoms with E-state index in [9.17, 15) is 0 Å². The highest BCUT2D eigenvalue weighted by molar-refractivity contribution is 5.79. The normalized spacial score (nSPS) is 16.8. The van der Waals surface area contributed by atoms with Crippen molar-refractivity contribution in [3.8, 4) is 11.5 Å². The molecule has 1 unspecified atom stereocenters. The Morgan fingerprint density at radius 3 is 2.52 bits per heavy atom. The molecule has 1 aromatic carbocycles. The van der Waals surface area contributed by atoms with E-state index in [1.807, 2.05) is 6.07 Å². The first kappa shape index (κ1) is 19.4. The Bertz CT molecular complexity index is 566. The molecule has 0 saturated heterocycles. The van der Waals surface area contributed by atoms with Crippen molar-refractivity contribution in [3.63, 3.8) is 0 Å². The fourth-order valence-electron chi connectivity index (χ4n) is 2.87. The van der Waals surface area contributed by atoms with Crippen molar-refractivity contribution in [2.24, 2.45) is 10.9 Å². The first-order valence-corrected chi connectivity index (χ1v) is 9.34. The van der Waals surface area contributed by atoms with Gasteiger partial charge in [-0.15, -0.1) is 0 Å². The van der Waals surface area contributed by atoms with Crippen molar-refractivity contribution in [1.29, 1.82) is 0 Å². The van der Waals surface area contributed by atoms with Crippen LogP contribution in [0.2, 0.25) is 0 Å². The van der Waals surface area contributed by atoms with Gasteiger partial charge in [0.15, 0.2) is 17.5 Å². The van der Waals surface area contributed by atoms with Crippen LogP contribution >= 0.6 is 0 Å². The highest BCUT2D eigenvalue weighted by Gasteiger charge is 2.18. The zero-order valence-corrected chi connectivity index (χ0v) is 16.3. The summed E-state index contributed by atoms with van der Waals surface area (Å²) in [6.45, 7) is 7.25. The van der Waals surface area contributed by atoms with Gasteiger partial charge < -0.3 is 20.1 Å². The van der Waals surface area contributed by atoms with Gasteiger partial charge in [0.05, 0.1) is 13.2 Å². The van der Waals surface area contributed by atoms with Gasteiger partial charge in [-0.2, -0.15) is 0 Å². The standard InChI is InChI=1S/C20H33N3O2/c1-14(2)15(3)23-20(21-4)22-13-16-10-11-18(24-5)19(12-16)25-17-8-6-7-9-17/h10-12,14-15,17H,6-9,13H2,1-5H3,(H2,21,22,23). The largest absolute Gasteiger partial charge is 0.493 e. The molecule has 0 aliphatic heterocycles. The van der Waals surface area contributed by atoms with Crippen LogP contribution in [0, 0.1) is 5.92 Å². The van der Waals surface area contributed by atoms with Gasteiger partial charge in [0, 0.05) is 19.6 Å². The van der Waals surface area contributed by atoms with Gasteiger partial charge in [0.1, 0.15) is 0 Å². The molecule has 2 N–H and O–H groups in total. The van der Waals surface area contributed by atoms with E-state index in [1.165, 1.54) is 12.8 Å². The van der Waals surface area contributed by atoms with Crippen LogP contribution in [0.1, 0.15) is 52.0 Å². The monoisotopic (exact) mass is 347 g/mol. The highest BCUT2D eigenvalue weighted by atomic mass is 16.5. The van der Waals surface area contributed by atoms with Crippen molar-refractivity contribution in [3.05, 3.63) is 23.8 Å². The van der Waals surface area contributed by atoms with Gasteiger partial charge in [-0.05, 0) is 56.2 Å². The summed E-state index contributed by atoms with van der Waals surface area (Å²) < 4.78 is 11.6. The summed E-state index contributed by atoms with van der Waals surface area (Å²) >= 11 is 0. The molecule has 0 heterocycles. The van der Waals surface area contributed by atoms with Crippen LogP contribution < -0.4 is 20.1 Å². The van der Waals surface area contributed by atoms with Crippen LogP contribution in [0.5, 0.6) is 11.5 Å². The van der Waals surface area contributed by atoms with E-state index in [2.05, 4.69) is 48.5 Å². The molecule has 1 aromatic rings. The molecule has 1 aliphatic rings. The molecule has 1 aliphatic carbocycles. The van der Waals surface area contributed by atoms with Crippen molar-refractivity contribution in [2.75, 3.05) is 14.2 Å². The van der Waals surface area contributed by atoms with E-state index in [1.54, 1.807) is 14.2 Å². The van der Waals surface area contributed by atoms with E-state index < -0.39 is 0 Å². The Hall–Kier alpha value is -1.91. The molecular weight excluding hydrogens is 314 g/mol. The lowest BCUT2D eigenvalue weighted by molar-refractivity contribution is 0.200. The first-order chi connectivity index (χ1) is 12.0. The number of nitrogens with zero attached hydrogens (tertiary/aromatic N) is 1. The Balaban J connectivity index is 1.98. The number of guanidine groups is 1. The summed E-state index contributed by atoms with van der Waals surface area (Å²) in [6.07, 6.45) is 5.09. The summed E-state index contributed by atoms with van der Waals surface area (Å²) in [7, 11) is 3.48. The molecule has 1 atom stereocenters. The smallest absolute Gasteiger partial charge is 0.191 e. The summed E-state index contributed by atoms with van der Waals surface area (Å²) in [6, 6.07) is 6.48. The second-order valence-electron chi connectivity index (χ2n) is 7.11. The quantitative estimate of drug-likeness (QED) is 0.583. The topological polar surface area (TPSA) is 54.9 Å². The maximum Gasteiger partial charge on any atom is 0.191 e. The average molecular weight is 348 g/mol. The summed E-state index contributed by atoms with van der Waals surface area (Å²) in [5, 5.41) is 6.79. The van der Waals surface area contributed by atoms with Crippen molar-refractivity contribution in [1.82, 2.24) is 10.6 Å². The maximum atomic E-state index is 6.17. The minimum atomic E-state index is 0.318. The van der Waals surface area contributed by atoms with Gasteiger partial charge in [0.2, 0.25) is 0 Å². The zero-order chi connectivity index (χ0) is 18.2. The van der Waals surface area contributed by atoms with Crippen molar-refractivity contribution in [2.45, 2.75) is 65.1 Å². The Kier molecular flexibility index (Phi) is 7.41. The summed E-state index contributed by atoms with van der Waals surface area (Å²) in [5.74, 6) is 3.00. The molecule has 140 valence electrons. The van der Waals surface area contributed by atoms with Crippen molar-refractivity contribution < 1.29 is 9.47 Å². The van der Waals surface area contributed by atoms with Crippen LogP contribution in [0.3, 0.4) is 0 Å². The zero-order valence-electron chi connectivity index (χ0n) is 16.3. The average Bonchev–Trinajstić information content (AvgIpc) is 3.11. The van der Waals surface area contributed by atoms with Gasteiger partial charge >= 0.3 is 0 Å².